The molecular formula is C28H19BrCl4N4O. The molecule has 38 heavy (non-hydrogen) atoms. The Balaban J connectivity index is 1.51. The van der Waals surface area contributed by atoms with Crippen LogP contribution in [0.3, 0.4) is 0 Å². The maximum absolute atomic E-state index is 6.64. The standard InChI is InChI=1S/C28H19BrCl4N4O/c1-2-19-24(26-34-35-27(38-26)28(11-12-28)20-9-7-17(30)13-21(20)32)36-37(23-10-8-18(31)14-22(23)33)25(19)15-3-5-16(29)6-4-15/h3-10,13-14H,2,11-12H2,1H3. The largest absolute Gasteiger partial charge is 0.418 e. The van der Waals surface area contributed by atoms with Crippen LogP contribution in [0.4, 0.5) is 0 Å². The molecular weight excluding hydrogens is 630 g/mol. The average Bonchev–Trinajstić information content (AvgIpc) is 3.37. The molecule has 5 aromatic rings. The number of halogens is 5. The maximum Gasteiger partial charge on any atom is 0.268 e. The molecule has 1 saturated carbocycles. The van der Waals surface area contributed by atoms with Gasteiger partial charge in [0, 0.05) is 30.7 Å². The summed E-state index contributed by atoms with van der Waals surface area (Å²) in [5, 5.41) is 16.1. The summed E-state index contributed by atoms with van der Waals surface area (Å²) in [6.07, 6.45) is 2.39. The predicted molar refractivity (Wildman–Crippen MR) is 156 cm³/mol. The highest BCUT2D eigenvalue weighted by molar-refractivity contribution is 9.10. The molecule has 0 unspecified atom stereocenters. The van der Waals surface area contributed by atoms with E-state index in [1.54, 1.807) is 18.2 Å². The lowest BCUT2D eigenvalue weighted by atomic mass is 9.96. The lowest BCUT2D eigenvalue weighted by Crippen LogP contribution is -2.09. The summed E-state index contributed by atoms with van der Waals surface area (Å²) in [6.45, 7) is 2.07. The number of rotatable bonds is 6. The summed E-state index contributed by atoms with van der Waals surface area (Å²) in [5.74, 6) is 0.860. The van der Waals surface area contributed by atoms with E-state index >= 15 is 0 Å². The maximum atomic E-state index is 6.64. The number of nitrogens with zero attached hydrogens (tertiary/aromatic N) is 4. The highest BCUT2D eigenvalue weighted by Gasteiger charge is 2.52. The number of aromatic nitrogens is 4. The molecule has 5 nitrogen and oxygen atoms in total. The van der Waals surface area contributed by atoms with Crippen LogP contribution in [-0.4, -0.2) is 20.0 Å². The molecule has 192 valence electrons. The normalized spacial score (nSPS) is 14.2. The van der Waals surface area contributed by atoms with Gasteiger partial charge in [0.25, 0.3) is 5.89 Å². The van der Waals surface area contributed by atoms with Gasteiger partial charge in [0.2, 0.25) is 5.89 Å². The van der Waals surface area contributed by atoms with Gasteiger partial charge in [-0.2, -0.15) is 5.10 Å². The van der Waals surface area contributed by atoms with E-state index < -0.39 is 5.41 Å². The lowest BCUT2D eigenvalue weighted by Gasteiger charge is -2.13. The minimum absolute atomic E-state index is 0.343. The molecule has 0 spiro atoms. The van der Waals surface area contributed by atoms with Gasteiger partial charge in [-0.25, -0.2) is 4.68 Å². The Labute approximate surface area is 247 Å². The van der Waals surface area contributed by atoms with E-state index in [1.807, 2.05) is 47.1 Å². The van der Waals surface area contributed by atoms with Gasteiger partial charge < -0.3 is 4.42 Å². The minimum atomic E-state index is -0.421. The molecule has 0 bridgehead atoms. The van der Waals surface area contributed by atoms with Gasteiger partial charge in [-0.3, -0.25) is 0 Å². The van der Waals surface area contributed by atoms with Crippen molar-refractivity contribution < 1.29 is 4.42 Å². The predicted octanol–water partition coefficient (Wildman–Crippen LogP) is 9.61. The highest BCUT2D eigenvalue weighted by Crippen LogP contribution is 2.55. The molecule has 1 aliphatic carbocycles. The van der Waals surface area contributed by atoms with Crippen LogP contribution >= 0.6 is 62.3 Å². The summed E-state index contributed by atoms with van der Waals surface area (Å²) >= 11 is 29.0. The molecule has 0 N–H and O–H groups in total. The molecule has 1 fully saturated rings. The third-order valence-corrected chi connectivity index (χ3v) is 8.44. The third kappa shape index (κ3) is 4.46. The summed E-state index contributed by atoms with van der Waals surface area (Å²) in [6, 6.07) is 18.9. The van der Waals surface area contributed by atoms with E-state index in [9.17, 15) is 0 Å². The fraction of sp³-hybridized carbons (Fsp3) is 0.179. The minimum Gasteiger partial charge on any atom is -0.418 e. The molecule has 0 saturated heterocycles. The van der Waals surface area contributed by atoms with E-state index in [0.29, 0.717) is 49.7 Å². The van der Waals surface area contributed by atoms with Gasteiger partial charge in [0.15, 0.2) is 5.69 Å². The lowest BCUT2D eigenvalue weighted by molar-refractivity contribution is 0.470. The Bertz CT molecular complexity index is 1680. The fourth-order valence-corrected chi connectivity index (χ4v) is 6.14. The third-order valence-electron chi connectivity index (χ3n) is 6.83. The van der Waals surface area contributed by atoms with Crippen molar-refractivity contribution in [1.82, 2.24) is 20.0 Å². The zero-order chi connectivity index (χ0) is 26.6. The van der Waals surface area contributed by atoms with Gasteiger partial charge in [-0.15, -0.1) is 10.2 Å². The van der Waals surface area contributed by atoms with Crippen LogP contribution in [0.25, 0.3) is 28.5 Å². The molecule has 0 atom stereocenters. The van der Waals surface area contributed by atoms with Crippen molar-refractivity contribution in [2.45, 2.75) is 31.6 Å². The first-order chi connectivity index (χ1) is 18.3. The van der Waals surface area contributed by atoms with Crippen molar-refractivity contribution in [2.24, 2.45) is 0 Å². The van der Waals surface area contributed by atoms with Crippen LogP contribution in [0.15, 0.2) is 69.6 Å². The first-order valence-electron chi connectivity index (χ1n) is 11.9. The van der Waals surface area contributed by atoms with Gasteiger partial charge in [0.05, 0.1) is 21.8 Å². The average molecular weight is 649 g/mol. The Morgan fingerprint density at radius 2 is 1.58 bits per heavy atom. The number of hydrogen-bond donors (Lipinski definition) is 0. The van der Waals surface area contributed by atoms with Crippen LogP contribution in [-0.2, 0) is 11.8 Å². The van der Waals surface area contributed by atoms with Crippen LogP contribution in [0.2, 0.25) is 20.1 Å². The first-order valence-corrected chi connectivity index (χ1v) is 14.2. The Kier molecular flexibility index (Phi) is 6.81. The number of hydrogen-bond acceptors (Lipinski definition) is 4. The summed E-state index contributed by atoms with van der Waals surface area (Å²) in [7, 11) is 0. The monoisotopic (exact) mass is 646 g/mol. The highest BCUT2D eigenvalue weighted by atomic mass is 79.9. The topological polar surface area (TPSA) is 56.7 Å². The van der Waals surface area contributed by atoms with Crippen molar-refractivity contribution in [3.8, 4) is 28.5 Å². The molecule has 6 rings (SSSR count). The zero-order valence-electron chi connectivity index (χ0n) is 20.0. The van der Waals surface area contributed by atoms with Gasteiger partial charge in [-0.1, -0.05) is 87.5 Å². The van der Waals surface area contributed by atoms with Gasteiger partial charge in [0.1, 0.15) is 0 Å². The molecule has 10 heteroatoms. The second kappa shape index (κ2) is 10.00. The van der Waals surface area contributed by atoms with Crippen LogP contribution in [0, 0.1) is 0 Å². The van der Waals surface area contributed by atoms with E-state index in [-0.39, 0.29) is 0 Å². The fourth-order valence-electron chi connectivity index (χ4n) is 4.80. The van der Waals surface area contributed by atoms with E-state index in [0.717, 1.165) is 39.7 Å². The van der Waals surface area contributed by atoms with Crippen molar-refractivity contribution in [1.29, 1.82) is 0 Å². The Hall–Kier alpha value is -2.35. The second-order valence-electron chi connectivity index (χ2n) is 9.16. The van der Waals surface area contributed by atoms with Crippen molar-refractivity contribution >= 4 is 62.3 Å². The van der Waals surface area contributed by atoms with Crippen molar-refractivity contribution in [3.63, 3.8) is 0 Å². The summed E-state index contributed by atoms with van der Waals surface area (Å²) in [5.41, 5.74) is 4.64. The SMILES string of the molecule is CCc1c(-c2nnc(C3(c4ccc(Cl)cc4Cl)CC3)o2)nn(-c2ccc(Cl)cc2Cl)c1-c1ccc(Br)cc1. The second-order valence-corrected chi connectivity index (χ2v) is 11.8. The first kappa shape index (κ1) is 25.9. The smallest absolute Gasteiger partial charge is 0.268 e. The molecule has 0 radical (unpaired) electrons. The van der Waals surface area contributed by atoms with E-state index in [2.05, 4.69) is 33.1 Å². The van der Waals surface area contributed by atoms with E-state index in [4.69, 9.17) is 55.9 Å². The molecule has 2 heterocycles. The molecule has 1 aliphatic rings. The molecule has 2 aromatic heterocycles. The van der Waals surface area contributed by atoms with Crippen molar-refractivity contribution in [2.75, 3.05) is 0 Å². The Morgan fingerprint density at radius 3 is 2.21 bits per heavy atom. The van der Waals surface area contributed by atoms with Crippen molar-refractivity contribution in [3.05, 3.63) is 102 Å². The van der Waals surface area contributed by atoms with Crippen LogP contribution < -0.4 is 0 Å². The quantitative estimate of drug-likeness (QED) is 0.184. The zero-order valence-corrected chi connectivity index (χ0v) is 24.6. The summed E-state index contributed by atoms with van der Waals surface area (Å²) < 4.78 is 9.14. The van der Waals surface area contributed by atoms with Gasteiger partial charge >= 0.3 is 0 Å². The molecule has 3 aromatic carbocycles. The molecule has 0 aliphatic heterocycles. The summed E-state index contributed by atoms with van der Waals surface area (Å²) in [4.78, 5) is 0. The molecule has 0 amide bonds. The van der Waals surface area contributed by atoms with Crippen LogP contribution in [0.5, 0.6) is 0 Å². The van der Waals surface area contributed by atoms with Crippen LogP contribution in [0.1, 0.15) is 36.8 Å². The number of benzene rings is 3. The Morgan fingerprint density at radius 1 is 0.895 bits per heavy atom. The van der Waals surface area contributed by atoms with Gasteiger partial charge in [-0.05, 0) is 67.3 Å². The van der Waals surface area contributed by atoms with E-state index in [1.165, 1.54) is 0 Å².